The van der Waals surface area contributed by atoms with Crippen molar-refractivity contribution in [2.45, 2.75) is 48.6 Å². The molecule has 4 amide bonds. The van der Waals surface area contributed by atoms with Crippen molar-refractivity contribution < 1.29 is 37.1 Å². The third-order valence-electron chi connectivity index (χ3n) is 9.08. The van der Waals surface area contributed by atoms with E-state index in [0.29, 0.717) is 40.9 Å². The van der Waals surface area contributed by atoms with Crippen LogP contribution in [0, 0.1) is 5.92 Å². The second kappa shape index (κ2) is 13.3. The first-order valence-electron chi connectivity index (χ1n) is 15.9. The van der Waals surface area contributed by atoms with Crippen LogP contribution in [0.15, 0.2) is 79.9 Å². The molecule has 14 heteroatoms. The Morgan fingerprint density at radius 3 is 2.49 bits per heavy atom. The number of pyridine rings is 1. The molecule has 4 atom stereocenters. The van der Waals surface area contributed by atoms with Gasteiger partial charge in [-0.1, -0.05) is 43.0 Å². The number of aromatic nitrogens is 1. The highest BCUT2D eigenvalue weighted by Crippen LogP contribution is 2.45. The molecule has 1 aromatic heterocycles. The minimum atomic E-state index is -3.88. The Morgan fingerprint density at radius 1 is 1.08 bits per heavy atom. The monoisotopic (exact) mass is 687 g/mol. The standard InChI is InChI=1S/C35H37N5O8S/c1-4-22-18-35(22,34(44)39-49(45,46)25-12-13-25)38-33(43)29-16-24(20-40(29)32(42)19-36-31(41)5-2)48-30-17-27(21-9-7-6-8-10-21)37-28-15-23(47-3)11-14-26(28)30/h4-11,14-15,17,22,24-25,29H,1-2,12-13,16,18-20H2,3H3,(H,36,41)(H,38,43)(H,39,44)/t22-,24?,29+,35-/m1/s1. The van der Waals surface area contributed by atoms with Crippen LogP contribution in [-0.4, -0.2) is 85.1 Å². The summed E-state index contributed by atoms with van der Waals surface area (Å²) in [5, 5.41) is 5.24. The largest absolute Gasteiger partial charge is 0.497 e. The average Bonchev–Trinajstić information content (AvgIpc) is 4.03. The lowest BCUT2D eigenvalue weighted by Crippen LogP contribution is -2.57. The van der Waals surface area contributed by atoms with E-state index in [1.165, 1.54) is 11.0 Å². The Hall–Kier alpha value is -5.24. The zero-order valence-corrected chi connectivity index (χ0v) is 27.7. The van der Waals surface area contributed by atoms with Crippen molar-refractivity contribution in [3.63, 3.8) is 0 Å². The molecule has 2 aromatic carbocycles. The summed E-state index contributed by atoms with van der Waals surface area (Å²) in [5.74, 6) is -2.05. The number of nitrogens with zero attached hydrogens (tertiary/aromatic N) is 2. The summed E-state index contributed by atoms with van der Waals surface area (Å²) in [4.78, 5) is 58.7. The van der Waals surface area contributed by atoms with Crippen molar-refractivity contribution >= 4 is 44.6 Å². The molecule has 6 rings (SSSR count). The minimum Gasteiger partial charge on any atom is -0.497 e. The molecule has 2 saturated carbocycles. The van der Waals surface area contributed by atoms with Gasteiger partial charge in [0.25, 0.3) is 5.91 Å². The van der Waals surface area contributed by atoms with Crippen LogP contribution in [0.5, 0.6) is 11.5 Å². The molecule has 2 aliphatic carbocycles. The molecule has 3 aromatic rings. The van der Waals surface area contributed by atoms with Crippen molar-refractivity contribution in [3.05, 3.63) is 79.9 Å². The van der Waals surface area contributed by atoms with Crippen LogP contribution in [0.3, 0.4) is 0 Å². The number of amides is 4. The van der Waals surface area contributed by atoms with Crippen molar-refractivity contribution in [2.75, 3.05) is 20.2 Å². The van der Waals surface area contributed by atoms with Crippen LogP contribution >= 0.6 is 0 Å². The zero-order valence-electron chi connectivity index (χ0n) is 26.9. The molecular weight excluding hydrogens is 650 g/mol. The molecule has 13 nitrogen and oxygen atoms in total. The predicted molar refractivity (Wildman–Crippen MR) is 181 cm³/mol. The quantitative estimate of drug-likeness (QED) is 0.180. The topological polar surface area (TPSA) is 173 Å². The summed E-state index contributed by atoms with van der Waals surface area (Å²) < 4.78 is 39.2. The van der Waals surface area contributed by atoms with Gasteiger partial charge < -0.3 is 25.0 Å². The minimum absolute atomic E-state index is 0.0122. The van der Waals surface area contributed by atoms with Crippen molar-refractivity contribution in [1.82, 2.24) is 25.2 Å². The normalized spacial score (nSPS) is 22.9. The zero-order chi connectivity index (χ0) is 34.9. The van der Waals surface area contributed by atoms with Gasteiger partial charge in [0, 0.05) is 35.4 Å². The Morgan fingerprint density at radius 2 is 1.84 bits per heavy atom. The molecule has 2 heterocycles. The average molecular weight is 688 g/mol. The summed E-state index contributed by atoms with van der Waals surface area (Å²) in [6.07, 6.45) is 2.96. The van der Waals surface area contributed by atoms with Crippen LogP contribution < -0.4 is 24.8 Å². The lowest BCUT2D eigenvalue weighted by atomic mass is 10.1. The number of likely N-dealkylation sites (tertiary alicyclic amines) is 1. The van der Waals surface area contributed by atoms with Gasteiger partial charge in [-0.3, -0.25) is 23.9 Å². The number of ether oxygens (including phenoxy) is 2. The van der Waals surface area contributed by atoms with E-state index in [1.807, 2.05) is 36.4 Å². The van der Waals surface area contributed by atoms with E-state index in [-0.39, 0.29) is 19.4 Å². The van der Waals surface area contributed by atoms with Gasteiger partial charge in [-0.25, -0.2) is 13.4 Å². The fourth-order valence-corrected chi connectivity index (χ4v) is 7.46. The van der Waals surface area contributed by atoms with Gasteiger partial charge in [-0.05, 0) is 37.5 Å². The Kier molecular flexibility index (Phi) is 9.16. The van der Waals surface area contributed by atoms with Gasteiger partial charge in [0.05, 0.1) is 36.7 Å². The number of carbonyl (C=O) groups excluding carboxylic acids is 4. The lowest BCUT2D eigenvalue weighted by Gasteiger charge is -2.26. The van der Waals surface area contributed by atoms with Crippen molar-refractivity contribution in [2.24, 2.45) is 5.92 Å². The van der Waals surface area contributed by atoms with Crippen molar-refractivity contribution in [1.29, 1.82) is 0 Å². The van der Waals surface area contributed by atoms with Gasteiger partial charge >= 0.3 is 0 Å². The van der Waals surface area contributed by atoms with Crippen LogP contribution in [0.4, 0.5) is 0 Å². The number of rotatable bonds is 13. The highest BCUT2D eigenvalue weighted by atomic mass is 32.2. The van der Waals surface area contributed by atoms with E-state index < -0.39 is 69.0 Å². The first-order valence-corrected chi connectivity index (χ1v) is 17.4. The molecule has 0 radical (unpaired) electrons. The fourth-order valence-electron chi connectivity index (χ4n) is 6.10. The van der Waals surface area contributed by atoms with Gasteiger partial charge in [-0.2, -0.15) is 0 Å². The number of hydrogen-bond donors (Lipinski definition) is 3. The van der Waals surface area contributed by atoms with Gasteiger partial charge in [0.1, 0.15) is 29.2 Å². The number of benzene rings is 2. The summed E-state index contributed by atoms with van der Waals surface area (Å²) >= 11 is 0. The summed E-state index contributed by atoms with van der Waals surface area (Å²) in [6, 6.07) is 15.6. The SMILES string of the molecule is C=CC(=O)NCC(=O)N1CC(Oc2cc(-c3ccccc3)nc3cc(OC)ccc23)C[C@H]1C(=O)N[C@]1(C(=O)NS(=O)(=O)C2CC2)C[C@H]1C=C. The molecule has 1 saturated heterocycles. The van der Waals surface area contributed by atoms with Crippen LogP contribution in [0.1, 0.15) is 25.7 Å². The molecule has 3 N–H and O–H groups in total. The summed E-state index contributed by atoms with van der Waals surface area (Å²) in [7, 11) is -2.32. The smallest absolute Gasteiger partial charge is 0.259 e. The lowest BCUT2D eigenvalue weighted by molar-refractivity contribution is -0.139. The number of hydrogen-bond acceptors (Lipinski definition) is 9. The Balaban J connectivity index is 1.28. The molecule has 0 bridgehead atoms. The number of carbonyl (C=O) groups is 4. The van der Waals surface area contributed by atoms with Gasteiger partial charge in [0.2, 0.25) is 27.7 Å². The van der Waals surface area contributed by atoms with E-state index in [2.05, 4.69) is 28.5 Å². The maximum atomic E-state index is 14.0. The first-order chi connectivity index (χ1) is 23.5. The number of fused-ring (bicyclic) bond motifs is 1. The van der Waals surface area contributed by atoms with Crippen LogP contribution in [0.2, 0.25) is 0 Å². The molecule has 49 heavy (non-hydrogen) atoms. The van der Waals surface area contributed by atoms with E-state index >= 15 is 0 Å². The number of nitrogens with one attached hydrogen (secondary N) is 3. The van der Waals surface area contributed by atoms with Crippen LogP contribution in [-0.2, 0) is 29.2 Å². The second-order valence-corrected chi connectivity index (χ2v) is 14.4. The highest BCUT2D eigenvalue weighted by molar-refractivity contribution is 7.91. The maximum absolute atomic E-state index is 14.0. The highest BCUT2D eigenvalue weighted by Gasteiger charge is 2.62. The number of sulfonamides is 1. The molecule has 3 fully saturated rings. The third kappa shape index (κ3) is 7.00. The Bertz CT molecular complexity index is 1950. The van der Waals surface area contributed by atoms with Crippen molar-refractivity contribution in [3.8, 4) is 22.8 Å². The van der Waals surface area contributed by atoms with E-state index in [0.717, 1.165) is 11.6 Å². The predicted octanol–water partition coefficient (Wildman–Crippen LogP) is 2.23. The molecule has 1 aliphatic heterocycles. The maximum Gasteiger partial charge on any atom is 0.259 e. The fraction of sp³-hybridized carbons (Fsp3) is 0.343. The van der Waals surface area contributed by atoms with E-state index in [9.17, 15) is 27.6 Å². The molecule has 0 spiro atoms. The van der Waals surface area contributed by atoms with E-state index in [4.69, 9.17) is 14.5 Å². The first kappa shape index (κ1) is 33.7. The van der Waals surface area contributed by atoms with Gasteiger partial charge in [-0.15, -0.1) is 6.58 Å². The summed E-state index contributed by atoms with van der Waals surface area (Å²) in [5.41, 5.74) is 0.573. The second-order valence-electron chi connectivity index (χ2n) is 12.4. The molecule has 1 unspecified atom stereocenters. The Labute approximate surface area is 283 Å². The molecule has 3 aliphatic rings. The van der Waals surface area contributed by atoms with E-state index in [1.54, 1.807) is 25.3 Å². The molecular formula is C35H37N5O8S. The molecule has 256 valence electrons. The van der Waals surface area contributed by atoms with Gasteiger partial charge in [0.15, 0.2) is 0 Å². The third-order valence-corrected chi connectivity index (χ3v) is 10.9. The number of methoxy groups -OCH3 is 1. The summed E-state index contributed by atoms with van der Waals surface area (Å²) in [6.45, 7) is 6.72. The van der Waals surface area contributed by atoms with Crippen LogP contribution in [0.25, 0.3) is 22.2 Å².